The van der Waals surface area contributed by atoms with Gasteiger partial charge in [-0.2, -0.15) is 0 Å². The van der Waals surface area contributed by atoms with Crippen LogP contribution in [0.1, 0.15) is 13.3 Å². The van der Waals surface area contributed by atoms with Crippen molar-refractivity contribution in [3.8, 4) is 0 Å². The Morgan fingerprint density at radius 3 is 2.82 bits per heavy atom. The number of nitrogen functional groups attached to an aromatic ring is 1. The second kappa shape index (κ2) is 5.10. The van der Waals surface area contributed by atoms with Crippen molar-refractivity contribution < 1.29 is 14.8 Å². The van der Waals surface area contributed by atoms with Crippen molar-refractivity contribution in [3.05, 3.63) is 22.2 Å². The van der Waals surface area contributed by atoms with E-state index >= 15 is 0 Å². The molecule has 0 radical (unpaired) electrons. The highest BCUT2D eigenvalue weighted by atomic mass is 16.6. The van der Waals surface area contributed by atoms with Crippen molar-refractivity contribution in [1.29, 1.82) is 0 Å². The molecule has 1 unspecified atom stereocenters. The third-order valence-electron chi connectivity index (χ3n) is 1.97. The first kappa shape index (κ1) is 12.7. The lowest BCUT2D eigenvalue weighted by molar-refractivity contribution is -0.384. The van der Waals surface area contributed by atoms with Gasteiger partial charge in [0.25, 0.3) is 0 Å². The zero-order valence-electron chi connectivity index (χ0n) is 9.08. The largest absolute Gasteiger partial charge is 0.481 e. The topological polar surface area (TPSA) is 131 Å². The molecule has 8 nitrogen and oxygen atoms in total. The van der Waals surface area contributed by atoms with Gasteiger partial charge in [-0.25, -0.2) is 4.98 Å². The first-order valence-corrected chi connectivity index (χ1v) is 4.79. The molecule has 92 valence electrons. The summed E-state index contributed by atoms with van der Waals surface area (Å²) in [7, 11) is 0. The molecule has 1 heterocycles. The number of nitrogens with two attached hydrogens (primary N) is 1. The highest BCUT2D eigenvalue weighted by Gasteiger charge is 2.14. The molecule has 1 aromatic heterocycles. The predicted octanol–water partition coefficient (Wildman–Crippen LogP) is 0.847. The van der Waals surface area contributed by atoms with Gasteiger partial charge in [-0.05, 0) is 13.0 Å². The number of nitrogens with zero attached hydrogens (tertiary/aromatic N) is 2. The van der Waals surface area contributed by atoms with Crippen LogP contribution in [0.4, 0.5) is 17.3 Å². The minimum atomic E-state index is -0.945. The van der Waals surface area contributed by atoms with Crippen LogP contribution in [-0.2, 0) is 4.79 Å². The number of nitro groups is 1. The number of anilines is 2. The molecule has 0 fully saturated rings. The van der Waals surface area contributed by atoms with Crippen LogP contribution in [0.25, 0.3) is 0 Å². The van der Waals surface area contributed by atoms with Crippen LogP contribution in [0.15, 0.2) is 12.1 Å². The normalized spacial score (nSPS) is 11.8. The summed E-state index contributed by atoms with van der Waals surface area (Å²) in [6.07, 6.45) is -0.0847. The second-order valence-corrected chi connectivity index (χ2v) is 3.50. The Morgan fingerprint density at radius 1 is 1.71 bits per heavy atom. The van der Waals surface area contributed by atoms with Gasteiger partial charge in [0, 0.05) is 12.1 Å². The zero-order chi connectivity index (χ0) is 13.0. The number of pyridine rings is 1. The number of carboxylic acid groups (broad SMARTS) is 1. The second-order valence-electron chi connectivity index (χ2n) is 3.50. The standard InChI is InChI=1S/C9H12N4O4/c1-5(4-8(14)15)11-7-3-2-6(13(16)17)9(10)12-7/h2-3,5H,4H2,1H3,(H,14,15)(H3,10,11,12). The van der Waals surface area contributed by atoms with Gasteiger partial charge in [0.15, 0.2) is 0 Å². The van der Waals surface area contributed by atoms with Crippen molar-refractivity contribution in [2.75, 3.05) is 11.1 Å². The molecule has 0 bridgehead atoms. The quantitative estimate of drug-likeness (QED) is 0.513. The number of aromatic nitrogens is 1. The Kier molecular flexibility index (Phi) is 3.81. The number of hydrogen-bond donors (Lipinski definition) is 3. The van der Waals surface area contributed by atoms with Crippen LogP contribution in [0.2, 0.25) is 0 Å². The van der Waals surface area contributed by atoms with E-state index in [4.69, 9.17) is 10.8 Å². The maximum absolute atomic E-state index is 10.5. The lowest BCUT2D eigenvalue weighted by atomic mass is 10.2. The summed E-state index contributed by atoms with van der Waals surface area (Å²) in [5, 5.41) is 21.8. The van der Waals surface area contributed by atoms with Gasteiger partial charge in [-0.1, -0.05) is 0 Å². The van der Waals surface area contributed by atoms with Crippen molar-refractivity contribution in [2.45, 2.75) is 19.4 Å². The summed E-state index contributed by atoms with van der Waals surface area (Å²) >= 11 is 0. The van der Waals surface area contributed by atoms with Crippen LogP contribution in [0.3, 0.4) is 0 Å². The minimum absolute atomic E-state index is 0.0847. The van der Waals surface area contributed by atoms with Gasteiger partial charge >= 0.3 is 11.7 Å². The average Bonchev–Trinajstić information content (AvgIpc) is 2.15. The van der Waals surface area contributed by atoms with E-state index in [0.717, 1.165) is 0 Å². The van der Waals surface area contributed by atoms with Crippen molar-refractivity contribution in [1.82, 2.24) is 4.98 Å². The fraction of sp³-hybridized carbons (Fsp3) is 0.333. The summed E-state index contributed by atoms with van der Waals surface area (Å²) in [6, 6.07) is 2.26. The number of aliphatic carboxylic acids is 1. The number of hydrogen-bond acceptors (Lipinski definition) is 6. The molecule has 0 saturated heterocycles. The van der Waals surface area contributed by atoms with Gasteiger partial charge in [-0.15, -0.1) is 0 Å². The predicted molar refractivity (Wildman–Crippen MR) is 60.6 cm³/mol. The van der Waals surface area contributed by atoms with E-state index in [1.54, 1.807) is 6.92 Å². The Hall–Kier alpha value is -2.38. The molecule has 0 spiro atoms. The molecule has 8 heteroatoms. The molecular weight excluding hydrogens is 228 g/mol. The molecule has 0 saturated carbocycles. The number of nitrogens with one attached hydrogen (secondary N) is 1. The zero-order valence-corrected chi connectivity index (χ0v) is 9.08. The molecule has 4 N–H and O–H groups in total. The van der Waals surface area contributed by atoms with Crippen LogP contribution in [0.5, 0.6) is 0 Å². The fourth-order valence-electron chi connectivity index (χ4n) is 1.27. The smallest absolute Gasteiger partial charge is 0.311 e. The summed E-state index contributed by atoms with van der Waals surface area (Å²) in [6.45, 7) is 1.66. The van der Waals surface area contributed by atoms with E-state index in [2.05, 4.69) is 10.3 Å². The van der Waals surface area contributed by atoms with Crippen molar-refractivity contribution >= 4 is 23.3 Å². The molecule has 0 amide bonds. The van der Waals surface area contributed by atoms with E-state index in [-0.39, 0.29) is 24.0 Å². The van der Waals surface area contributed by atoms with Crippen molar-refractivity contribution in [3.63, 3.8) is 0 Å². The highest BCUT2D eigenvalue weighted by molar-refractivity contribution is 5.68. The maximum atomic E-state index is 10.5. The minimum Gasteiger partial charge on any atom is -0.481 e. The highest BCUT2D eigenvalue weighted by Crippen LogP contribution is 2.21. The third kappa shape index (κ3) is 3.59. The van der Waals surface area contributed by atoms with Crippen molar-refractivity contribution in [2.24, 2.45) is 0 Å². The average molecular weight is 240 g/mol. The van der Waals surface area contributed by atoms with Crippen LogP contribution in [-0.4, -0.2) is 27.0 Å². The lowest BCUT2D eigenvalue weighted by Crippen LogP contribution is -2.20. The molecule has 0 aromatic carbocycles. The molecule has 1 rings (SSSR count). The molecule has 17 heavy (non-hydrogen) atoms. The lowest BCUT2D eigenvalue weighted by Gasteiger charge is -2.12. The molecule has 1 aromatic rings. The molecule has 0 aliphatic heterocycles. The van der Waals surface area contributed by atoms with E-state index < -0.39 is 10.9 Å². The summed E-state index contributed by atoms with van der Waals surface area (Å²) < 4.78 is 0. The Balaban J connectivity index is 2.77. The molecule has 0 aliphatic carbocycles. The fourth-order valence-corrected chi connectivity index (χ4v) is 1.27. The van der Waals surface area contributed by atoms with Gasteiger partial charge < -0.3 is 16.2 Å². The van der Waals surface area contributed by atoms with Gasteiger partial charge in [-0.3, -0.25) is 14.9 Å². The van der Waals surface area contributed by atoms with Crippen LogP contribution >= 0.6 is 0 Å². The third-order valence-corrected chi connectivity index (χ3v) is 1.97. The number of rotatable bonds is 5. The summed E-state index contributed by atoms with van der Waals surface area (Å²) in [5.41, 5.74) is 5.11. The molecule has 1 atom stereocenters. The number of carbonyl (C=O) groups is 1. The Bertz CT molecular complexity index is 449. The first-order chi connectivity index (χ1) is 7.90. The maximum Gasteiger partial charge on any atom is 0.311 e. The van der Waals surface area contributed by atoms with Crippen LogP contribution in [0, 0.1) is 10.1 Å². The van der Waals surface area contributed by atoms with E-state index in [9.17, 15) is 14.9 Å². The van der Waals surface area contributed by atoms with E-state index in [0.29, 0.717) is 5.82 Å². The molecular formula is C9H12N4O4. The van der Waals surface area contributed by atoms with E-state index in [1.165, 1.54) is 12.1 Å². The summed E-state index contributed by atoms with van der Waals surface area (Å²) in [4.78, 5) is 24.1. The Labute approximate surface area is 96.6 Å². The van der Waals surface area contributed by atoms with Crippen LogP contribution < -0.4 is 11.1 Å². The molecule has 0 aliphatic rings. The Morgan fingerprint density at radius 2 is 2.35 bits per heavy atom. The van der Waals surface area contributed by atoms with Gasteiger partial charge in [0.2, 0.25) is 5.82 Å². The van der Waals surface area contributed by atoms with E-state index in [1.807, 2.05) is 0 Å². The monoisotopic (exact) mass is 240 g/mol. The SMILES string of the molecule is CC(CC(=O)O)Nc1ccc([N+](=O)[O-])c(N)n1. The van der Waals surface area contributed by atoms with Gasteiger partial charge in [0.05, 0.1) is 11.3 Å². The summed E-state index contributed by atoms with van der Waals surface area (Å²) in [5.74, 6) is -0.843. The number of carboxylic acids is 1. The van der Waals surface area contributed by atoms with Gasteiger partial charge in [0.1, 0.15) is 5.82 Å². The first-order valence-electron chi connectivity index (χ1n) is 4.79.